The van der Waals surface area contributed by atoms with Gasteiger partial charge in [-0.2, -0.15) is 5.10 Å². The number of anilines is 1. The predicted octanol–water partition coefficient (Wildman–Crippen LogP) is 1.14. The lowest BCUT2D eigenvalue weighted by Crippen LogP contribution is -2.45. The smallest absolute Gasteiger partial charge is 0.225 e. The molecule has 2 aromatic rings. The van der Waals surface area contributed by atoms with E-state index in [9.17, 15) is 0 Å². The van der Waals surface area contributed by atoms with Crippen LogP contribution < -0.4 is 4.90 Å². The largest absolute Gasteiger partial charge is 0.377 e. The van der Waals surface area contributed by atoms with Crippen molar-refractivity contribution in [3.63, 3.8) is 0 Å². The highest BCUT2D eigenvalue weighted by Gasteiger charge is 2.43. The van der Waals surface area contributed by atoms with E-state index in [1.807, 2.05) is 24.6 Å². The van der Waals surface area contributed by atoms with E-state index in [0.717, 1.165) is 50.1 Å². The highest BCUT2D eigenvalue weighted by atomic mass is 16.6. The number of aryl methyl sites for hydroxylation is 2. The molecule has 0 amide bonds. The first kappa shape index (κ1) is 16.4. The molecule has 0 aromatic carbocycles. The minimum absolute atomic E-state index is 0.125. The molecule has 2 aliphatic heterocycles. The van der Waals surface area contributed by atoms with Crippen molar-refractivity contribution in [2.24, 2.45) is 0 Å². The first-order valence-corrected chi connectivity index (χ1v) is 8.79. The maximum atomic E-state index is 6.48. The van der Waals surface area contributed by atoms with Crippen molar-refractivity contribution in [3.8, 4) is 0 Å². The lowest BCUT2D eigenvalue weighted by Gasteiger charge is -2.31. The summed E-state index contributed by atoms with van der Waals surface area (Å²) in [5.41, 5.74) is -0.302. The molecule has 0 aliphatic carbocycles. The molecule has 0 radical (unpaired) electrons. The van der Waals surface area contributed by atoms with E-state index in [-0.39, 0.29) is 11.7 Å². The third-order valence-electron chi connectivity index (χ3n) is 4.86. The first-order valence-electron chi connectivity index (χ1n) is 8.79. The molecule has 0 bridgehead atoms. The standard InChI is InChI=1S/C17H24N6O2/c1-13-20-14(2)23(21-13)10-15-4-5-17(25-15)11-22(8-9-24-12-17)16-18-6-3-7-19-16/h3,6-7,15H,4-5,8-12H2,1-2H3/t15-,17-/m0/s1. The Morgan fingerprint density at radius 3 is 2.88 bits per heavy atom. The summed E-state index contributed by atoms with van der Waals surface area (Å²) in [6, 6.07) is 1.83. The molecule has 0 N–H and O–H groups in total. The van der Waals surface area contributed by atoms with Crippen molar-refractivity contribution in [2.45, 2.75) is 44.9 Å². The zero-order chi connectivity index (χ0) is 17.3. The van der Waals surface area contributed by atoms with Crippen LogP contribution in [0.5, 0.6) is 0 Å². The van der Waals surface area contributed by atoms with Crippen molar-refractivity contribution in [1.82, 2.24) is 24.7 Å². The molecule has 2 aliphatic rings. The van der Waals surface area contributed by atoms with Gasteiger partial charge in [0.1, 0.15) is 17.2 Å². The molecule has 0 saturated carbocycles. The summed E-state index contributed by atoms with van der Waals surface area (Å²) in [5, 5.41) is 4.45. The van der Waals surface area contributed by atoms with Crippen LogP contribution in [0.1, 0.15) is 24.5 Å². The van der Waals surface area contributed by atoms with E-state index in [1.54, 1.807) is 12.4 Å². The van der Waals surface area contributed by atoms with Crippen LogP contribution in [0, 0.1) is 13.8 Å². The summed E-state index contributed by atoms with van der Waals surface area (Å²) in [6.45, 7) is 7.43. The van der Waals surface area contributed by atoms with Gasteiger partial charge in [0.15, 0.2) is 0 Å². The molecular weight excluding hydrogens is 320 g/mol. The predicted molar refractivity (Wildman–Crippen MR) is 91.4 cm³/mol. The Kier molecular flexibility index (Phi) is 4.39. The first-order chi connectivity index (χ1) is 12.1. The molecule has 2 saturated heterocycles. The summed E-state index contributed by atoms with van der Waals surface area (Å²) in [4.78, 5) is 15.3. The summed E-state index contributed by atoms with van der Waals surface area (Å²) in [5.74, 6) is 2.47. The fraction of sp³-hybridized carbons (Fsp3) is 0.647. The quantitative estimate of drug-likeness (QED) is 0.826. The number of rotatable bonds is 3. The second kappa shape index (κ2) is 6.68. The Hall–Kier alpha value is -2.06. The highest BCUT2D eigenvalue weighted by molar-refractivity contribution is 5.30. The van der Waals surface area contributed by atoms with E-state index < -0.39 is 0 Å². The molecule has 4 rings (SSSR count). The van der Waals surface area contributed by atoms with Gasteiger partial charge in [0, 0.05) is 18.9 Å². The summed E-state index contributed by atoms with van der Waals surface area (Å²) >= 11 is 0. The molecule has 2 atom stereocenters. The third-order valence-corrected chi connectivity index (χ3v) is 4.86. The molecule has 4 heterocycles. The van der Waals surface area contributed by atoms with Crippen LogP contribution in [0.15, 0.2) is 18.5 Å². The van der Waals surface area contributed by atoms with Gasteiger partial charge in [0.05, 0.1) is 32.4 Å². The van der Waals surface area contributed by atoms with E-state index in [4.69, 9.17) is 9.47 Å². The van der Waals surface area contributed by atoms with E-state index >= 15 is 0 Å². The minimum atomic E-state index is -0.302. The van der Waals surface area contributed by atoms with E-state index in [2.05, 4.69) is 25.0 Å². The minimum Gasteiger partial charge on any atom is -0.377 e. The number of ether oxygens (including phenoxy) is 2. The fourth-order valence-electron chi connectivity index (χ4n) is 3.70. The monoisotopic (exact) mass is 344 g/mol. The summed E-state index contributed by atoms with van der Waals surface area (Å²) in [7, 11) is 0. The Balaban J connectivity index is 1.47. The Labute approximate surface area is 147 Å². The van der Waals surface area contributed by atoms with Crippen LogP contribution >= 0.6 is 0 Å². The second-order valence-electron chi connectivity index (χ2n) is 6.87. The topological polar surface area (TPSA) is 78.2 Å². The van der Waals surface area contributed by atoms with Crippen molar-refractivity contribution in [1.29, 1.82) is 0 Å². The zero-order valence-electron chi connectivity index (χ0n) is 14.8. The molecule has 2 aromatic heterocycles. The van der Waals surface area contributed by atoms with Crippen molar-refractivity contribution in [2.75, 3.05) is 31.2 Å². The molecule has 8 nitrogen and oxygen atoms in total. The SMILES string of the molecule is Cc1nc(C)n(C[C@@H]2CC[C@]3(COCCN(c4ncccn4)C3)O2)n1. The molecule has 1 spiro atoms. The Morgan fingerprint density at radius 2 is 2.12 bits per heavy atom. The van der Waals surface area contributed by atoms with Crippen LogP contribution in [-0.2, 0) is 16.0 Å². The molecule has 8 heteroatoms. The molecule has 25 heavy (non-hydrogen) atoms. The fourth-order valence-corrected chi connectivity index (χ4v) is 3.70. The average Bonchev–Trinajstić information content (AvgIpc) is 3.06. The van der Waals surface area contributed by atoms with Crippen LogP contribution in [-0.4, -0.2) is 62.7 Å². The van der Waals surface area contributed by atoms with Gasteiger partial charge in [0.25, 0.3) is 0 Å². The second-order valence-corrected chi connectivity index (χ2v) is 6.87. The Morgan fingerprint density at radius 1 is 1.28 bits per heavy atom. The molecular formula is C17H24N6O2. The summed E-state index contributed by atoms with van der Waals surface area (Å²) < 4.78 is 14.3. The van der Waals surface area contributed by atoms with Crippen molar-refractivity contribution >= 4 is 5.95 Å². The molecule has 0 unspecified atom stereocenters. The summed E-state index contributed by atoms with van der Waals surface area (Å²) in [6.07, 6.45) is 5.63. The number of nitrogens with zero attached hydrogens (tertiary/aromatic N) is 6. The van der Waals surface area contributed by atoms with E-state index in [0.29, 0.717) is 13.2 Å². The third kappa shape index (κ3) is 3.50. The van der Waals surface area contributed by atoms with Crippen LogP contribution in [0.3, 0.4) is 0 Å². The average molecular weight is 344 g/mol. The van der Waals surface area contributed by atoms with Gasteiger partial charge in [-0.05, 0) is 32.8 Å². The maximum absolute atomic E-state index is 6.48. The van der Waals surface area contributed by atoms with Gasteiger partial charge >= 0.3 is 0 Å². The van der Waals surface area contributed by atoms with Crippen LogP contribution in [0.25, 0.3) is 0 Å². The van der Waals surface area contributed by atoms with Crippen LogP contribution in [0.2, 0.25) is 0 Å². The van der Waals surface area contributed by atoms with E-state index in [1.165, 1.54) is 0 Å². The molecule has 2 fully saturated rings. The van der Waals surface area contributed by atoms with Gasteiger partial charge in [-0.1, -0.05) is 0 Å². The lowest BCUT2D eigenvalue weighted by atomic mass is 10.0. The van der Waals surface area contributed by atoms with Gasteiger partial charge in [-0.3, -0.25) is 0 Å². The van der Waals surface area contributed by atoms with Gasteiger partial charge < -0.3 is 14.4 Å². The normalized spacial score (nSPS) is 27.0. The van der Waals surface area contributed by atoms with Gasteiger partial charge in [-0.25, -0.2) is 19.6 Å². The van der Waals surface area contributed by atoms with Gasteiger partial charge in [0.2, 0.25) is 5.95 Å². The number of hydrogen-bond donors (Lipinski definition) is 0. The van der Waals surface area contributed by atoms with Crippen molar-refractivity contribution in [3.05, 3.63) is 30.1 Å². The van der Waals surface area contributed by atoms with Gasteiger partial charge in [-0.15, -0.1) is 0 Å². The Bertz CT molecular complexity index is 721. The molecule has 134 valence electrons. The number of hydrogen-bond acceptors (Lipinski definition) is 7. The zero-order valence-corrected chi connectivity index (χ0v) is 14.8. The maximum Gasteiger partial charge on any atom is 0.225 e. The highest BCUT2D eigenvalue weighted by Crippen LogP contribution is 2.34. The lowest BCUT2D eigenvalue weighted by molar-refractivity contribution is -0.0809. The van der Waals surface area contributed by atoms with Crippen LogP contribution in [0.4, 0.5) is 5.95 Å². The number of aromatic nitrogens is 5. The van der Waals surface area contributed by atoms with Crippen molar-refractivity contribution < 1.29 is 9.47 Å².